The number of carbonyl (C=O) groups excluding carboxylic acids is 2. The Morgan fingerprint density at radius 1 is 1.08 bits per heavy atom. The number of hydrogen-bond donors (Lipinski definition) is 2. The van der Waals surface area contributed by atoms with Gasteiger partial charge >= 0.3 is 0 Å². The van der Waals surface area contributed by atoms with Crippen molar-refractivity contribution in [2.45, 2.75) is 34.1 Å². The Kier molecular flexibility index (Phi) is 6.00. The lowest BCUT2D eigenvalue weighted by molar-refractivity contribution is -0.115. The number of pyridine rings is 1. The SMILES string of the molecule is C/C(CC(=O)Nc1c(C)cc(C)cc1C)=N\NC(=O)c1ccncc1. The van der Waals surface area contributed by atoms with Crippen LogP contribution in [0.5, 0.6) is 0 Å². The smallest absolute Gasteiger partial charge is 0.271 e. The molecule has 0 bridgehead atoms. The Hall–Kier alpha value is -3.02. The van der Waals surface area contributed by atoms with E-state index < -0.39 is 0 Å². The molecule has 0 aliphatic carbocycles. The van der Waals surface area contributed by atoms with Gasteiger partial charge in [-0.3, -0.25) is 14.6 Å². The number of carbonyl (C=O) groups is 2. The van der Waals surface area contributed by atoms with Gasteiger partial charge in [-0.15, -0.1) is 0 Å². The predicted molar refractivity (Wildman–Crippen MR) is 98.7 cm³/mol. The summed E-state index contributed by atoms with van der Waals surface area (Å²) in [7, 11) is 0. The quantitative estimate of drug-likeness (QED) is 0.649. The Balaban J connectivity index is 1.95. The molecule has 1 aromatic carbocycles. The number of anilines is 1. The fourth-order valence-corrected chi connectivity index (χ4v) is 2.55. The highest BCUT2D eigenvalue weighted by Gasteiger charge is 2.10. The van der Waals surface area contributed by atoms with Gasteiger partial charge in [0.25, 0.3) is 5.91 Å². The average Bonchev–Trinajstić information content (AvgIpc) is 2.56. The van der Waals surface area contributed by atoms with Crippen LogP contribution in [0.25, 0.3) is 0 Å². The third-order valence-electron chi connectivity index (χ3n) is 3.65. The minimum absolute atomic E-state index is 0.101. The van der Waals surface area contributed by atoms with Crippen LogP contribution in [0, 0.1) is 20.8 Å². The second kappa shape index (κ2) is 8.19. The summed E-state index contributed by atoms with van der Waals surface area (Å²) in [5, 5.41) is 6.89. The van der Waals surface area contributed by atoms with Crippen LogP contribution in [0.3, 0.4) is 0 Å². The lowest BCUT2D eigenvalue weighted by atomic mass is 10.0. The Bertz CT molecular complexity index is 790. The Morgan fingerprint density at radius 2 is 1.68 bits per heavy atom. The van der Waals surface area contributed by atoms with Crippen LogP contribution in [0.2, 0.25) is 0 Å². The van der Waals surface area contributed by atoms with E-state index in [4.69, 9.17) is 0 Å². The fourth-order valence-electron chi connectivity index (χ4n) is 2.55. The summed E-state index contributed by atoms with van der Waals surface area (Å²) in [5.74, 6) is -0.512. The summed E-state index contributed by atoms with van der Waals surface area (Å²) in [6.45, 7) is 7.64. The molecule has 1 aromatic heterocycles. The van der Waals surface area contributed by atoms with Crippen molar-refractivity contribution in [2.75, 3.05) is 5.32 Å². The van der Waals surface area contributed by atoms with E-state index in [1.807, 2.05) is 32.9 Å². The molecule has 6 nitrogen and oxygen atoms in total. The summed E-state index contributed by atoms with van der Waals surface area (Å²) < 4.78 is 0. The van der Waals surface area contributed by atoms with Crippen molar-refractivity contribution in [2.24, 2.45) is 5.10 Å². The maximum absolute atomic E-state index is 12.2. The molecule has 0 atom stereocenters. The van der Waals surface area contributed by atoms with E-state index in [-0.39, 0.29) is 18.2 Å². The van der Waals surface area contributed by atoms with Crippen molar-refractivity contribution >= 4 is 23.2 Å². The van der Waals surface area contributed by atoms with Crippen molar-refractivity contribution in [3.63, 3.8) is 0 Å². The number of aromatic nitrogens is 1. The maximum Gasteiger partial charge on any atom is 0.271 e. The third kappa shape index (κ3) is 5.24. The van der Waals surface area contributed by atoms with Gasteiger partial charge in [-0.2, -0.15) is 5.10 Å². The minimum Gasteiger partial charge on any atom is -0.325 e. The first-order chi connectivity index (χ1) is 11.9. The van der Waals surface area contributed by atoms with Crippen LogP contribution in [-0.4, -0.2) is 22.5 Å². The van der Waals surface area contributed by atoms with E-state index >= 15 is 0 Å². The first kappa shape index (κ1) is 18.3. The van der Waals surface area contributed by atoms with E-state index in [9.17, 15) is 9.59 Å². The lowest BCUT2D eigenvalue weighted by Gasteiger charge is -2.12. The van der Waals surface area contributed by atoms with Crippen molar-refractivity contribution in [1.82, 2.24) is 10.4 Å². The summed E-state index contributed by atoms with van der Waals surface area (Å²) in [6, 6.07) is 7.24. The first-order valence-corrected chi connectivity index (χ1v) is 7.98. The molecular formula is C19H22N4O2. The highest BCUT2D eigenvalue weighted by molar-refractivity contribution is 6.06. The molecular weight excluding hydrogens is 316 g/mol. The summed E-state index contributed by atoms with van der Waals surface area (Å²) in [6.07, 6.45) is 3.17. The number of nitrogens with zero attached hydrogens (tertiary/aromatic N) is 2. The average molecular weight is 338 g/mol. The van der Waals surface area contributed by atoms with Gasteiger partial charge < -0.3 is 5.32 Å². The topological polar surface area (TPSA) is 83.5 Å². The molecule has 25 heavy (non-hydrogen) atoms. The van der Waals surface area contributed by atoms with E-state index in [1.165, 1.54) is 12.4 Å². The third-order valence-corrected chi connectivity index (χ3v) is 3.65. The summed E-state index contributed by atoms with van der Waals surface area (Å²) >= 11 is 0. The zero-order chi connectivity index (χ0) is 18.4. The lowest BCUT2D eigenvalue weighted by Crippen LogP contribution is -2.22. The van der Waals surface area contributed by atoms with Crippen molar-refractivity contribution in [3.8, 4) is 0 Å². The standard InChI is InChI=1S/C19H22N4O2/c1-12-9-13(2)18(14(3)10-12)21-17(24)11-15(4)22-23-19(25)16-5-7-20-8-6-16/h5-10H,11H2,1-4H3,(H,21,24)(H,23,25)/b22-15+. The van der Waals surface area contributed by atoms with Crippen LogP contribution >= 0.6 is 0 Å². The molecule has 0 aliphatic rings. The van der Waals surface area contributed by atoms with E-state index in [0.717, 1.165) is 22.4 Å². The van der Waals surface area contributed by atoms with Gasteiger partial charge in [-0.05, 0) is 51.0 Å². The molecule has 6 heteroatoms. The van der Waals surface area contributed by atoms with E-state index in [1.54, 1.807) is 19.1 Å². The van der Waals surface area contributed by atoms with Crippen LogP contribution in [0.1, 0.15) is 40.4 Å². The Morgan fingerprint density at radius 3 is 2.28 bits per heavy atom. The van der Waals surface area contributed by atoms with Gasteiger partial charge in [-0.25, -0.2) is 5.43 Å². The zero-order valence-corrected chi connectivity index (χ0v) is 14.9. The van der Waals surface area contributed by atoms with Gasteiger partial charge in [0.2, 0.25) is 5.91 Å². The molecule has 0 radical (unpaired) electrons. The highest BCUT2D eigenvalue weighted by atomic mass is 16.2. The number of hydrogen-bond acceptors (Lipinski definition) is 4. The largest absolute Gasteiger partial charge is 0.325 e. The van der Waals surface area contributed by atoms with E-state index in [0.29, 0.717) is 11.3 Å². The number of hydrazone groups is 1. The van der Waals surface area contributed by atoms with Crippen LogP contribution in [-0.2, 0) is 4.79 Å². The maximum atomic E-state index is 12.2. The molecule has 0 saturated carbocycles. The molecule has 0 unspecified atom stereocenters. The zero-order valence-electron chi connectivity index (χ0n) is 14.9. The van der Waals surface area contributed by atoms with Crippen LogP contribution in [0.15, 0.2) is 41.8 Å². The summed E-state index contributed by atoms with van der Waals surface area (Å²) in [4.78, 5) is 28.0. The molecule has 2 N–H and O–H groups in total. The van der Waals surface area contributed by atoms with Crippen molar-refractivity contribution in [3.05, 3.63) is 58.9 Å². The molecule has 1 heterocycles. The molecule has 0 fully saturated rings. The number of rotatable bonds is 5. The van der Waals surface area contributed by atoms with Gasteiger partial charge in [0.1, 0.15) is 0 Å². The van der Waals surface area contributed by atoms with Gasteiger partial charge in [0.15, 0.2) is 0 Å². The minimum atomic E-state index is -0.340. The van der Waals surface area contributed by atoms with Crippen LogP contribution < -0.4 is 10.7 Å². The molecule has 0 spiro atoms. The molecule has 2 aromatic rings. The van der Waals surface area contributed by atoms with Crippen LogP contribution in [0.4, 0.5) is 5.69 Å². The molecule has 130 valence electrons. The molecule has 2 amide bonds. The van der Waals surface area contributed by atoms with Gasteiger partial charge in [0.05, 0.1) is 6.42 Å². The number of nitrogens with one attached hydrogen (secondary N) is 2. The molecule has 0 saturated heterocycles. The molecule has 0 aliphatic heterocycles. The fraction of sp³-hybridized carbons (Fsp3) is 0.263. The van der Waals surface area contributed by atoms with Gasteiger partial charge in [-0.1, -0.05) is 17.7 Å². The number of amides is 2. The number of aryl methyl sites for hydroxylation is 3. The molecule has 2 rings (SSSR count). The highest BCUT2D eigenvalue weighted by Crippen LogP contribution is 2.22. The number of benzene rings is 1. The summed E-state index contributed by atoms with van der Waals surface area (Å²) in [5.41, 5.74) is 7.44. The second-order valence-corrected chi connectivity index (χ2v) is 6.02. The van der Waals surface area contributed by atoms with E-state index in [2.05, 4.69) is 20.8 Å². The monoisotopic (exact) mass is 338 g/mol. The van der Waals surface area contributed by atoms with Gasteiger partial charge in [0, 0.05) is 29.4 Å². The second-order valence-electron chi connectivity index (χ2n) is 6.02. The Labute approximate surface area is 147 Å². The van der Waals surface area contributed by atoms with Crippen molar-refractivity contribution in [1.29, 1.82) is 0 Å². The normalized spacial score (nSPS) is 11.1. The first-order valence-electron chi connectivity index (χ1n) is 7.98. The van der Waals surface area contributed by atoms with Crippen molar-refractivity contribution < 1.29 is 9.59 Å². The predicted octanol–water partition coefficient (Wildman–Crippen LogP) is 3.14.